The fourth-order valence-electron chi connectivity index (χ4n) is 1.40. The van der Waals surface area contributed by atoms with Gasteiger partial charge in [0, 0.05) is 18.2 Å². The number of hydrogen-bond acceptors (Lipinski definition) is 4. The molecule has 0 amide bonds. The summed E-state index contributed by atoms with van der Waals surface area (Å²) in [6, 6.07) is 5.71. The van der Waals surface area contributed by atoms with Crippen LogP contribution in [0.2, 0.25) is 0 Å². The molecule has 0 spiro atoms. The summed E-state index contributed by atoms with van der Waals surface area (Å²) in [4.78, 5) is 0.152. The Hall–Kier alpha value is -1.15. The molecule has 0 aromatic heterocycles. The van der Waals surface area contributed by atoms with Gasteiger partial charge in [0.1, 0.15) is 12.4 Å². The van der Waals surface area contributed by atoms with Gasteiger partial charge in [0.2, 0.25) is 10.0 Å². The average Bonchev–Trinajstić information content (AvgIpc) is 2.39. The molecule has 0 aliphatic carbocycles. The van der Waals surface area contributed by atoms with Gasteiger partial charge in [0.05, 0.1) is 11.2 Å². The zero-order chi connectivity index (χ0) is 15.2. The normalized spacial score (nSPS) is 12.1. The second kappa shape index (κ2) is 8.99. The van der Waals surface area contributed by atoms with Crippen LogP contribution in [0.4, 0.5) is 4.39 Å². The van der Waals surface area contributed by atoms with E-state index in [1.165, 1.54) is 24.3 Å². The molecule has 5 nitrogen and oxygen atoms in total. The minimum absolute atomic E-state index is 0. The zero-order valence-corrected chi connectivity index (χ0v) is 13.5. The number of sulfonamides is 1. The second-order valence-electron chi connectivity index (χ2n) is 4.51. The Morgan fingerprint density at radius 3 is 2.38 bits per heavy atom. The number of nitrogens with two attached hydrogens (primary N) is 1. The van der Waals surface area contributed by atoms with Gasteiger partial charge in [-0.15, -0.1) is 12.4 Å². The van der Waals surface area contributed by atoms with E-state index in [4.69, 9.17) is 10.5 Å². The van der Waals surface area contributed by atoms with Crippen LogP contribution in [0.25, 0.3) is 0 Å². The van der Waals surface area contributed by atoms with Gasteiger partial charge in [-0.2, -0.15) is 0 Å². The van der Waals surface area contributed by atoms with Gasteiger partial charge in [-0.05, 0) is 38.1 Å². The molecule has 8 heteroatoms. The summed E-state index contributed by atoms with van der Waals surface area (Å²) in [5.74, 6) is 0.446. The van der Waals surface area contributed by atoms with Crippen LogP contribution < -0.4 is 15.2 Å². The Balaban J connectivity index is 0.00000400. The zero-order valence-electron chi connectivity index (χ0n) is 11.9. The lowest BCUT2D eigenvalue weighted by atomic mass is 10.3. The van der Waals surface area contributed by atoms with Crippen LogP contribution in [0.15, 0.2) is 41.1 Å². The van der Waals surface area contributed by atoms with Gasteiger partial charge in [0.25, 0.3) is 0 Å². The quantitative estimate of drug-likeness (QED) is 0.796. The first-order valence-electron chi connectivity index (χ1n) is 6.12. The third-order valence-electron chi connectivity index (χ3n) is 2.37. The molecule has 0 heterocycles. The standard InChI is InChI=1S/C13H19FN2O3S.ClH/c1-10(2)16-20(17,18)13-5-3-12(4-6-13)19-9-11(7-14)8-15;/h3-7,10,16H,8-9,15H2,1-2H3;1H/b11-7-;. The maximum absolute atomic E-state index is 12.3. The van der Waals surface area contributed by atoms with Crippen molar-refractivity contribution in [2.75, 3.05) is 13.2 Å². The topological polar surface area (TPSA) is 81.4 Å². The number of halogens is 2. The molecule has 0 radical (unpaired) electrons. The van der Waals surface area contributed by atoms with E-state index in [-0.39, 0.29) is 36.5 Å². The summed E-state index contributed by atoms with van der Waals surface area (Å²) in [5.41, 5.74) is 5.62. The van der Waals surface area contributed by atoms with Crippen LogP contribution in [0.3, 0.4) is 0 Å². The number of ether oxygens (including phenoxy) is 1. The van der Waals surface area contributed by atoms with Gasteiger partial charge < -0.3 is 10.5 Å². The first-order chi connectivity index (χ1) is 9.39. The summed E-state index contributed by atoms with van der Waals surface area (Å²) in [7, 11) is -3.51. The SMILES string of the molecule is CC(C)NS(=O)(=O)c1ccc(OC/C(=C\F)CN)cc1.Cl. The van der Waals surface area contributed by atoms with Crippen molar-refractivity contribution in [2.45, 2.75) is 24.8 Å². The molecule has 1 rings (SSSR count). The monoisotopic (exact) mass is 338 g/mol. The fourth-order valence-corrected chi connectivity index (χ4v) is 2.66. The van der Waals surface area contributed by atoms with Crippen molar-refractivity contribution < 1.29 is 17.5 Å². The first kappa shape index (κ1) is 19.9. The number of rotatable bonds is 7. The Morgan fingerprint density at radius 2 is 1.95 bits per heavy atom. The van der Waals surface area contributed by atoms with Crippen molar-refractivity contribution in [3.8, 4) is 5.75 Å². The lowest BCUT2D eigenvalue weighted by Gasteiger charge is -2.11. The van der Waals surface area contributed by atoms with E-state index in [1.807, 2.05) is 0 Å². The summed E-state index contributed by atoms with van der Waals surface area (Å²) in [6.45, 7) is 3.59. The molecule has 0 saturated carbocycles. The third-order valence-corrected chi connectivity index (χ3v) is 4.04. The molecule has 120 valence electrons. The maximum atomic E-state index is 12.3. The molecule has 21 heavy (non-hydrogen) atoms. The number of hydrogen-bond donors (Lipinski definition) is 2. The van der Waals surface area contributed by atoms with E-state index in [2.05, 4.69) is 4.72 Å². The lowest BCUT2D eigenvalue weighted by Crippen LogP contribution is -2.30. The highest BCUT2D eigenvalue weighted by Crippen LogP contribution is 2.16. The van der Waals surface area contributed by atoms with Crippen LogP contribution in [0, 0.1) is 0 Å². The highest BCUT2D eigenvalue weighted by atomic mass is 35.5. The van der Waals surface area contributed by atoms with Gasteiger partial charge >= 0.3 is 0 Å². The van der Waals surface area contributed by atoms with Crippen LogP contribution in [0.5, 0.6) is 5.75 Å². The second-order valence-corrected chi connectivity index (χ2v) is 6.22. The Bertz CT molecular complexity index is 559. The van der Waals surface area contributed by atoms with Gasteiger partial charge in [-0.25, -0.2) is 17.5 Å². The number of nitrogens with one attached hydrogen (secondary N) is 1. The molecule has 0 fully saturated rings. The van der Waals surface area contributed by atoms with E-state index in [1.54, 1.807) is 13.8 Å². The molecule has 0 saturated heterocycles. The van der Waals surface area contributed by atoms with Crippen molar-refractivity contribution >= 4 is 22.4 Å². The smallest absolute Gasteiger partial charge is 0.240 e. The Kier molecular flexibility index (Phi) is 8.50. The van der Waals surface area contributed by atoms with E-state index >= 15 is 0 Å². The van der Waals surface area contributed by atoms with E-state index in [0.29, 0.717) is 17.7 Å². The molecule has 0 atom stereocenters. The highest BCUT2D eigenvalue weighted by Gasteiger charge is 2.14. The predicted molar refractivity (Wildman–Crippen MR) is 82.9 cm³/mol. The van der Waals surface area contributed by atoms with Crippen LogP contribution in [0.1, 0.15) is 13.8 Å². The largest absolute Gasteiger partial charge is 0.489 e. The third kappa shape index (κ3) is 6.43. The van der Waals surface area contributed by atoms with E-state index in [0.717, 1.165) is 0 Å². The van der Waals surface area contributed by atoms with E-state index < -0.39 is 10.0 Å². The minimum Gasteiger partial charge on any atom is -0.489 e. The highest BCUT2D eigenvalue weighted by molar-refractivity contribution is 7.89. The van der Waals surface area contributed by atoms with Crippen LogP contribution in [-0.2, 0) is 10.0 Å². The molecular formula is C13H20ClFN2O3S. The summed E-state index contributed by atoms with van der Waals surface area (Å²) >= 11 is 0. The van der Waals surface area contributed by atoms with Gasteiger partial charge in [-0.1, -0.05) is 0 Å². The van der Waals surface area contributed by atoms with Crippen LogP contribution >= 0.6 is 12.4 Å². The van der Waals surface area contributed by atoms with Crippen molar-refractivity contribution in [2.24, 2.45) is 5.73 Å². The van der Waals surface area contributed by atoms with Gasteiger partial charge in [-0.3, -0.25) is 0 Å². The fraction of sp³-hybridized carbons (Fsp3) is 0.385. The molecule has 0 aliphatic heterocycles. The van der Waals surface area contributed by atoms with Crippen molar-refractivity contribution in [3.05, 3.63) is 36.2 Å². The van der Waals surface area contributed by atoms with Crippen molar-refractivity contribution in [3.63, 3.8) is 0 Å². The Morgan fingerprint density at radius 1 is 1.38 bits per heavy atom. The van der Waals surface area contributed by atoms with E-state index in [9.17, 15) is 12.8 Å². The number of benzene rings is 1. The molecule has 0 unspecified atom stereocenters. The lowest BCUT2D eigenvalue weighted by molar-refractivity contribution is 0.347. The predicted octanol–water partition coefficient (Wildman–Crippen LogP) is 1.99. The summed E-state index contributed by atoms with van der Waals surface area (Å²) in [5, 5.41) is 0. The van der Waals surface area contributed by atoms with Crippen molar-refractivity contribution in [1.82, 2.24) is 4.72 Å². The molecule has 0 bridgehead atoms. The first-order valence-corrected chi connectivity index (χ1v) is 7.60. The molecule has 1 aromatic rings. The molecular weight excluding hydrogens is 319 g/mol. The Labute approximate surface area is 130 Å². The van der Waals surface area contributed by atoms with Crippen LogP contribution in [-0.4, -0.2) is 27.6 Å². The molecule has 0 aliphatic rings. The van der Waals surface area contributed by atoms with Crippen molar-refractivity contribution in [1.29, 1.82) is 0 Å². The summed E-state index contributed by atoms with van der Waals surface area (Å²) < 4.78 is 43.8. The molecule has 1 aromatic carbocycles. The van der Waals surface area contributed by atoms with Gasteiger partial charge in [0.15, 0.2) is 0 Å². The minimum atomic E-state index is -3.51. The summed E-state index contributed by atoms with van der Waals surface area (Å²) in [6.07, 6.45) is 0.408. The maximum Gasteiger partial charge on any atom is 0.240 e. The molecule has 3 N–H and O–H groups in total. The average molecular weight is 339 g/mol.